The molecule has 134 valence electrons. The number of hydrogen-bond donors (Lipinski definition) is 0. The van der Waals surface area contributed by atoms with Crippen LogP contribution in [0.1, 0.15) is 41.5 Å². The fourth-order valence-electron chi connectivity index (χ4n) is 2.48. The molecule has 0 saturated carbocycles. The normalized spacial score (nSPS) is 15.5. The van der Waals surface area contributed by atoms with Crippen LogP contribution in [-0.4, -0.2) is 20.8 Å². The summed E-state index contributed by atoms with van der Waals surface area (Å²) in [7, 11) is -5.69. The summed E-state index contributed by atoms with van der Waals surface area (Å²) in [6.07, 6.45) is 0. The van der Waals surface area contributed by atoms with E-state index < -0.39 is 41.3 Å². The van der Waals surface area contributed by atoms with E-state index in [-0.39, 0.29) is 0 Å². The summed E-state index contributed by atoms with van der Waals surface area (Å²) in [5.74, 6) is 0. The Kier molecular flexibility index (Phi) is 5.56. The van der Waals surface area contributed by atoms with Gasteiger partial charge >= 0.3 is 141 Å². The van der Waals surface area contributed by atoms with Gasteiger partial charge in [0.1, 0.15) is 0 Å². The third kappa shape index (κ3) is 3.84. The molecule has 0 unspecified atom stereocenters. The molecule has 8 heteroatoms. The zero-order chi connectivity index (χ0) is 18.3. The second-order valence-corrected chi connectivity index (χ2v) is 20.1. The van der Waals surface area contributed by atoms with Gasteiger partial charge in [-0.15, -0.1) is 0 Å². The van der Waals surface area contributed by atoms with Crippen LogP contribution in [0.15, 0.2) is 30.3 Å². The van der Waals surface area contributed by atoms with Crippen molar-refractivity contribution in [3.8, 4) is 0 Å². The minimum absolute atomic E-state index is 0.562. The van der Waals surface area contributed by atoms with Crippen LogP contribution < -0.4 is 18.8 Å². The van der Waals surface area contributed by atoms with Gasteiger partial charge in [0.15, 0.2) is 0 Å². The standard InChI is InChI=1S/C15H23F3IO3S/c1-13(2,3)19(14(4,5)6,12-10-8-7-9-11-12)22-23(20,21)15(16,17)18/h7-11H,1-6H3/q+1. The van der Waals surface area contributed by atoms with Gasteiger partial charge < -0.3 is 0 Å². The molecule has 0 atom stereocenters. The maximum atomic E-state index is 13.0. The quantitative estimate of drug-likeness (QED) is 0.384. The molecule has 0 aliphatic rings. The second kappa shape index (κ2) is 6.18. The molecule has 0 bridgehead atoms. The topological polar surface area (TPSA) is 43.4 Å². The van der Waals surface area contributed by atoms with Gasteiger partial charge in [0, 0.05) is 0 Å². The molecule has 3 nitrogen and oxygen atoms in total. The van der Waals surface area contributed by atoms with Gasteiger partial charge in [0.2, 0.25) is 0 Å². The Morgan fingerprint density at radius 3 is 1.57 bits per heavy atom. The Labute approximate surface area is 140 Å². The Morgan fingerprint density at radius 1 is 0.870 bits per heavy atom. The van der Waals surface area contributed by atoms with Crippen LogP contribution in [-0.2, 0) is 12.6 Å². The monoisotopic (exact) mass is 467 g/mol. The molecule has 0 fully saturated rings. The molecule has 0 aliphatic heterocycles. The average Bonchev–Trinajstić information content (AvgIpc) is 2.32. The molecule has 23 heavy (non-hydrogen) atoms. The van der Waals surface area contributed by atoms with Gasteiger partial charge in [-0.2, -0.15) is 0 Å². The van der Waals surface area contributed by atoms with Crippen LogP contribution in [0.4, 0.5) is 13.2 Å². The second-order valence-electron chi connectivity index (χ2n) is 6.91. The summed E-state index contributed by atoms with van der Waals surface area (Å²) in [4.78, 5) is 0. The molecule has 0 aromatic heterocycles. The summed E-state index contributed by atoms with van der Waals surface area (Å²) in [5.41, 5.74) is -5.44. The van der Waals surface area contributed by atoms with E-state index in [0.29, 0.717) is 3.57 Å². The van der Waals surface area contributed by atoms with Gasteiger partial charge in [-0.1, -0.05) is 0 Å². The molecule has 0 aliphatic carbocycles. The van der Waals surface area contributed by atoms with Crippen molar-refractivity contribution in [1.82, 2.24) is 0 Å². The first-order chi connectivity index (χ1) is 10.1. The van der Waals surface area contributed by atoms with E-state index in [1.807, 2.05) is 0 Å². The third-order valence-corrected chi connectivity index (χ3v) is 18.6. The van der Waals surface area contributed by atoms with E-state index in [2.05, 4.69) is 0 Å². The summed E-state index contributed by atoms with van der Waals surface area (Å²) in [6.45, 7) is 10.5. The van der Waals surface area contributed by atoms with Crippen LogP contribution in [0, 0.1) is 3.57 Å². The molecule has 0 saturated heterocycles. The zero-order valence-corrected chi connectivity index (χ0v) is 17.0. The third-order valence-electron chi connectivity index (χ3n) is 3.10. The van der Waals surface area contributed by atoms with E-state index in [1.165, 1.54) is 0 Å². The van der Waals surface area contributed by atoms with Gasteiger partial charge in [-0.05, 0) is 0 Å². The predicted octanol–water partition coefficient (Wildman–Crippen LogP) is 1.39. The van der Waals surface area contributed by atoms with Gasteiger partial charge in [-0.3, -0.25) is 0 Å². The fraction of sp³-hybridized carbons (Fsp3) is 0.600. The Balaban J connectivity index is 3.75. The molecule has 1 rings (SSSR count). The first-order valence-electron chi connectivity index (χ1n) is 6.90. The number of rotatable bonds is 3. The molecular formula is C15H23F3IO3S+. The summed E-state index contributed by atoms with van der Waals surface area (Å²) in [6, 6.07) is 8.44. The van der Waals surface area contributed by atoms with E-state index in [9.17, 15) is 21.6 Å². The van der Waals surface area contributed by atoms with E-state index in [1.54, 1.807) is 71.9 Å². The van der Waals surface area contributed by atoms with Crippen LogP contribution in [0.25, 0.3) is 0 Å². The van der Waals surface area contributed by atoms with Gasteiger partial charge in [0.25, 0.3) is 0 Å². The van der Waals surface area contributed by atoms with Gasteiger partial charge in [-0.25, -0.2) is 0 Å². The Hall–Kier alpha value is -0.350. The van der Waals surface area contributed by atoms with E-state index >= 15 is 0 Å². The number of halogens is 4. The van der Waals surface area contributed by atoms with Crippen molar-refractivity contribution in [2.75, 3.05) is 0 Å². The van der Waals surface area contributed by atoms with Crippen molar-refractivity contribution in [3.05, 3.63) is 33.9 Å². The minimum atomic E-state index is -5.69. The predicted molar refractivity (Wildman–Crippen MR) is 80.7 cm³/mol. The van der Waals surface area contributed by atoms with Crippen molar-refractivity contribution in [2.45, 2.75) is 53.9 Å². The van der Waals surface area contributed by atoms with Crippen molar-refractivity contribution >= 4 is 10.1 Å². The van der Waals surface area contributed by atoms with Crippen molar-refractivity contribution < 1.29 is 43.0 Å². The molecule has 0 radical (unpaired) electrons. The van der Waals surface area contributed by atoms with Crippen LogP contribution in [0.3, 0.4) is 0 Å². The molecule has 1 aromatic rings. The maximum absolute atomic E-state index is 13.0. The molecule has 0 heterocycles. The van der Waals surface area contributed by atoms with Crippen LogP contribution in [0.5, 0.6) is 0 Å². The van der Waals surface area contributed by atoms with E-state index in [4.69, 9.17) is 2.51 Å². The van der Waals surface area contributed by atoms with E-state index in [0.717, 1.165) is 0 Å². The average molecular weight is 467 g/mol. The van der Waals surface area contributed by atoms with Crippen molar-refractivity contribution in [3.63, 3.8) is 0 Å². The molecule has 0 N–H and O–H groups in total. The zero-order valence-electron chi connectivity index (χ0n) is 14.0. The Morgan fingerprint density at radius 2 is 1.26 bits per heavy atom. The molecule has 1 aromatic carbocycles. The summed E-state index contributed by atoms with van der Waals surface area (Å²) < 4.78 is 66.8. The fourth-order valence-corrected chi connectivity index (χ4v) is 19.9. The van der Waals surface area contributed by atoms with Crippen LogP contribution in [0.2, 0.25) is 0 Å². The SMILES string of the molecule is CC(C)(C)[I+](OS(=O)(=O)C(F)(F)F)(c1ccccc1)C(C)(C)C. The molecular weight excluding hydrogens is 444 g/mol. The summed E-state index contributed by atoms with van der Waals surface area (Å²) >= 11 is -4.20. The first-order valence-corrected chi connectivity index (χ1v) is 12.4. The Bertz CT molecular complexity index is 627. The molecule has 0 amide bonds. The number of benzene rings is 1. The first kappa shape index (κ1) is 20.7. The van der Waals surface area contributed by atoms with Crippen molar-refractivity contribution in [2.24, 2.45) is 0 Å². The molecule has 0 spiro atoms. The number of hydrogen-bond acceptors (Lipinski definition) is 3. The summed E-state index contributed by atoms with van der Waals surface area (Å²) in [5, 5.41) is 0. The van der Waals surface area contributed by atoms with Crippen molar-refractivity contribution in [1.29, 1.82) is 0 Å². The van der Waals surface area contributed by atoms with Crippen LogP contribution >= 0.6 is 0 Å². The number of alkyl halides is 5. The van der Waals surface area contributed by atoms with Gasteiger partial charge in [0.05, 0.1) is 0 Å².